The first kappa shape index (κ1) is 92.0. The third-order valence-corrected chi connectivity index (χ3v) is 27.2. The molecule has 0 bridgehead atoms. The third-order valence-electron chi connectivity index (χ3n) is 22.8. The molecule has 0 spiro atoms. The van der Waals surface area contributed by atoms with E-state index >= 15 is 0 Å². The minimum Gasteiger partial charge on any atom is -0.481 e. The molecule has 12 fully saturated rings. The number of nitrogens with two attached hydrogens (primary N) is 2. The number of imide groups is 2. The highest BCUT2D eigenvalue weighted by atomic mass is 32.2. The molecular formula is C85H103F3N20O11S5. The van der Waals surface area contributed by atoms with Gasteiger partial charge in [-0.15, -0.1) is 0 Å². The van der Waals surface area contributed by atoms with Gasteiger partial charge in [0.25, 0.3) is 22.3 Å². The topological polar surface area (TPSA) is 395 Å². The summed E-state index contributed by atoms with van der Waals surface area (Å²) in [4.78, 5) is 173. The van der Waals surface area contributed by atoms with Crippen molar-refractivity contribution in [2.24, 2.45) is 23.3 Å². The van der Waals surface area contributed by atoms with Gasteiger partial charge in [0, 0.05) is 110 Å². The number of piperidine rings is 6. The number of ether oxygens (including phenoxy) is 1. The summed E-state index contributed by atoms with van der Waals surface area (Å²) in [6, 6.07) is 12.6. The number of hydrogen-bond donors (Lipinski definition) is 4. The number of carbonyl (C=O) groups is 10. The van der Waals surface area contributed by atoms with Crippen LogP contribution in [0.4, 0.5) is 64.0 Å². The molecule has 660 valence electrons. The second kappa shape index (κ2) is 44.0. The molecule has 1 saturated carbocycles. The van der Waals surface area contributed by atoms with Crippen LogP contribution >= 0.6 is 58.8 Å². The summed E-state index contributed by atoms with van der Waals surface area (Å²) in [7, 11) is 3.62. The van der Waals surface area contributed by atoms with Crippen molar-refractivity contribution in [2.45, 2.75) is 166 Å². The summed E-state index contributed by atoms with van der Waals surface area (Å²) in [5, 5.41) is 3.41. The second-order valence-electron chi connectivity index (χ2n) is 31.8. The van der Waals surface area contributed by atoms with E-state index in [0.717, 1.165) is 211 Å². The first-order valence-corrected chi connectivity index (χ1v) is 46.6. The Hall–Kier alpha value is -9.67. The van der Waals surface area contributed by atoms with Crippen LogP contribution in [-0.2, 0) is 44.5 Å². The molecule has 0 unspecified atom stereocenters. The van der Waals surface area contributed by atoms with E-state index in [2.05, 4.69) is 77.0 Å². The Balaban J connectivity index is 0.000000134. The number of nitrogens with one attached hydrogen (secondary N) is 2. The Labute approximate surface area is 738 Å². The zero-order chi connectivity index (χ0) is 87.4. The number of allylic oxidation sites excluding steroid dienone is 3. The summed E-state index contributed by atoms with van der Waals surface area (Å²) in [5.74, 6) is 4.76. The third kappa shape index (κ3) is 25.8. The zero-order valence-corrected chi connectivity index (χ0v) is 73.6. The molecule has 39 heteroatoms. The minimum absolute atomic E-state index is 0.0162. The molecule has 31 nitrogen and oxygen atoms in total. The number of pyridine rings is 1. The van der Waals surface area contributed by atoms with Crippen molar-refractivity contribution in [3.63, 3.8) is 0 Å². The summed E-state index contributed by atoms with van der Waals surface area (Å²) in [6.45, 7) is 12.0. The molecule has 0 aromatic carbocycles. The summed E-state index contributed by atoms with van der Waals surface area (Å²) in [6.07, 6.45) is 27.2. The van der Waals surface area contributed by atoms with Gasteiger partial charge in [0.1, 0.15) is 17.5 Å². The molecule has 0 atom stereocenters. The number of anilines is 7. The lowest BCUT2D eigenvalue weighted by atomic mass is 9.95. The highest BCUT2D eigenvalue weighted by molar-refractivity contribution is 8.19. The SMILES string of the molecule is CN(c1nc(/C=C2\SC(=O)NC2=O)cc(N2CCCCC2)n1)C1CCCCC1.COc1cc(/C=C2\SC(=O)CC2=O)nc(N2CCC(CN)CC2)n1.NCC1CCN(c2nc(/C=C3\SC(=O)CC3=O)cc(C(F)(F)F)n2)CC1.O=C1CC(=O)/C(=C/c2cccc(N3CCCCC3)n2)S1.O=C1NC(=O)/C(=C/c2cc(N3CCCCC3)nc(N3CCCCC3)n2)S1. The number of nitrogens with zero attached hydrogens (tertiary/aromatic N) is 16. The largest absolute Gasteiger partial charge is 0.481 e. The number of hydrogen-bond acceptors (Lipinski definition) is 34. The number of Topliss-reactive ketones (excluding diaryl/α,β-unsaturated/α-hetero) is 3. The van der Waals surface area contributed by atoms with Crippen LogP contribution in [0, 0.1) is 11.8 Å². The Morgan fingerprint density at radius 2 is 0.790 bits per heavy atom. The second-order valence-corrected chi connectivity index (χ2v) is 37.1. The van der Waals surface area contributed by atoms with Gasteiger partial charge in [0.15, 0.2) is 23.0 Å². The predicted molar refractivity (Wildman–Crippen MR) is 480 cm³/mol. The van der Waals surface area contributed by atoms with Gasteiger partial charge in [-0.25, -0.2) is 29.9 Å². The van der Waals surface area contributed by atoms with Crippen molar-refractivity contribution >= 4 is 185 Å². The van der Waals surface area contributed by atoms with Gasteiger partial charge in [-0.05, 0) is 248 Å². The van der Waals surface area contributed by atoms with Crippen LogP contribution in [0.25, 0.3) is 30.4 Å². The average molecular weight is 1800 g/mol. The Kier molecular flexibility index (Phi) is 32.6. The molecule has 6 N–H and O–H groups in total. The Morgan fingerprint density at radius 3 is 1.21 bits per heavy atom. The molecule has 124 heavy (non-hydrogen) atoms. The van der Waals surface area contributed by atoms with Crippen LogP contribution in [0.15, 0.2) is 67.0 Å². The lowest BCUT2D eigenvalue weighted by Gasteiger charge is -2.33. The fourth-order valence-corrected chi connectivity index (χ4v) is 19.7. The van der Waals surface area contributed by atoms with E-state index < -0.39 is 17.7 Å². The van der Waals surface area contributed by atoms with Crippen molar-refractivity contribution in [1.29, 1.82) is 0 Å². The van der Waals surface area contributed by atoms with Gasteiger partial charge in [-0.1, -0.05) is 25.3 Å². The summed E-state index contributed by atoms with van der Waals surface area (Å²) in [5.41, 5.74) is 13.0. The normalized spacial score (nSPS) is 21.9. The van der Waals surface area contributed by atoms with Gasteiger partial charge in [-0.3, -0.25) is 58.6 Å². The van der Waals surface area contributed by atoms with Crippen molar-refractivity contribution in [3.8, 4) is 5.88 Å². The van der Waals surface area contributed by atoms with Gasteiger partial charge < -0.3 is 50.5 Å². The molecule has 11 saturated heterocycles. The van der Waals surface area contributed by atoms with E-state index in [1.807, 2.05) is 30.3 Å². The van der Waals surface area contributed by atoms with Crippen LogP contribution < -0.4 is 61.1 Å². The van der Waals surface area contributed by atoms with E-state index in [0.29, 0.717) is 98.5 Å². The Morgan fingerprint density at radius 1 is 0.411 bits per heavy atom. The first-order chi connectivity index (χ1) is 59.8. The standard InChI is InChI=1S/C20H27N5O2S.C18H23N5O2S.C16H17F3N4O2S.C16H20N4O3S.C15H16N2O2S/c1-24(15-8-4-2-5-9-15)19-21-14(12-16-18(26)23-20(27)28-16)13-17(22-19)25-10-6-3-7-11-25;24-16-14(26-18(25)21-16)11-13-12-15(22-7-3-1-4-8-22)20-17(19-13)23-9-5-2-6-10-23;17-16(18,19)13-6-10(5-12-11(24)7-14(25)26-12)21-15(22-13)23-3-1-9(8-20)2-4-23;1-23-14-7-11(6-13-12(21)8-15(22)24-13)18-16(19-14)20-4-2-10(9-17)3-5-20;18-12-10-15(19)20-13(12)9-11-5-4-6-14(16-11)17-7-2-1-3-8-17/h12-13,15H,2-11H2,1H3,(H,23,26,27);11-12H,1-10H2,(H,21,24,25);5-6,9H,1-4,7-8,20H2;6-7,10H,2-5,8-9,17H2,1H3;4-6,9H,1-3,7-8,10H2/b16-12-;14-11-;12-5-;13-6-;13-9-. The fourth-order valence-electron chi connectivity index (χ4n) is 15.9. The van der Waals surface area contributed by atoms with Crippen LogP contribution in [0.3, 0.4) is 0 Å². The number of alkyl halides is 3. The minimum atomic E-state index is -4.64. The van der Waals surface area contributed by atoms with Crippen molar-refractivity contribution in [1.82, 2.24) is 55.5 Å². The predicted octanol–water partition coefficient (Wildman–Crippen LogP) is 12.5. The van der Waals surface area contributed by atoms with Crippen LogP contribution in [0.5, 0.6) is 5.88 Å². The van der Waals surface area contributed by atoms with Crippen molar-refractivity contribution in [2.75, 3.05) is 140 Å². The maximum absolute atomic E-state index is 13.2. The van der Waals surface area contributed by atoms with Gasteiger partial charge in [0.05, 0.1) is 79.4 Å². The lowest BCUT2D eigenvalue weighted by molar-refractivity contribution is -0.141. The summed E-state index contributed by atoms with van der Waals surface area (Å²) >= 11 is 4.58. The van der Waals surface area contributed by atoms with Crippen LogP contribution in [0.2, 0.25) is 0 Å². The molecule has 0 radical (unpaired) electrons. The Bertz CT molecular complexity index is 4920. The molecule has 1 aliphatic carbocycles. The monoisotopic (exact) mass is 1800 g/mol. The fraction of sp³-hybridized carbons (Fsp3) is 0.518. The maximum atomic E-state index is 13.2. The number of thioether (sulfide) groups is 5. The highest BCUT2D eigenvalue weighted by Crippen LogP contribution is 2.39. The number of ketones is 3. The molecule has 11 aliphatic heterocycles. The quantitative estimate of drug-likeness (QED) is 0.0526. The molecule has 5 aromatic heterocycles. The number of aromatic nitrogens is 9. The molecule has 12 aliphatic rings. The molecule has 5 aromatic rings. The van der Waals surface area contributed by atoms with E-state index in [-0.39, 0.29) is 85.0 Å². The van der Waals surface area contributed by atoms with Gasteiger partial charge in [-0.2, -0.15) is 28.1 Å². The van der Waals surface area contributed by atoms with E-state index in [9.17, 15) is 61.1 Å². The number of carbonyl (C=O) groups excluding carboxylic acids is 10. The van der Waals surface area contributed by atoms with Crippen molar-refractivity contribution < 1.29 is 65.9 Å². The summed E-state index contributed by atoms with van der Waals surface area (Å²) < 4.78 is 44.9. The number of rotatable bonds is 16. The van der Waals surface area contributed by atoms with Crippen LogP contribution in [-0.4, -0.2) is 212 Å². The molecule has 16 heterocycles. The van der Waals surface area contributed by atoms with Crippen molar-refractivity contribution in [3.05, 3.63) is 101 Å². The average Bonchev–Trinajstić information content (AvgIpc) is 1.26. The van der Waals surface area contributed by atoms with E-state index in [1.54, 1.807) is 42.4 Å². The van der Waals surface area contributed by atoms with E-state index in [1.165, 1.54) is 89.5 Å². The highest BCUT2D eigenvalue weighted by Gasteiger charge is 2.37. The number of halogens is 3. The molecule has 4 amide bonds. The molecular weight excluding hydrogens is 1690 g/mol. The van der Waals surface area contributed by atoms with Gasteiger partial charge >= 0.3 is 6.18 Å². The number of amides is 4. The maximum Gasteiger partial charge on any atom is 0.433 e. The molecule has 17 rings (SSSR count). The van der Waals surface area contributed by atoms with Crippen LogP contribution in [0.1, 0.15) is 188 Å². The first-order valence-electron chi connectivity index (χ1n) is 42.5. The van der Waals surface area contributed by atoms with Gasteiger partial charge in [0.2, 0.25) is 45.0 Å². The zero-order valence-electron chi connectivity index (χ0n) is 69.5. The lowest BCUT2D eigenvalue weighted by Crippen LogP contribution is -2.37. The number of methoxy groups -OCH3 is 1. The smallest absolute Gasteiger partial charge is 0.433 e. The van der Waals surface area contributed by atoms with E-state index in [4.69, 9.17) is 31.2 Å².